The van der Waals surface area contributed by atoms with Gasteiger partial charge in [-0.15, -0.1) is 0 Å². The van der Waals surface area contributed by atoms with Crippen molar-refractivity contribution in [2.75, 3.05) is 5.32 Å². The molecule has 7 heteroatoms. The Morgan fingerprint density at radius 1 is 1.18 bits per heavy atom. The highest BCUT2D eigenvalue weighted by molar-refractivity contribution is 6.02. The van der Waals surface area contributed by atoms with Crippen LogP contribution in [0.1, 0.15) is 79.7 Å². The summed E-state index contributed by atoms with van der Waals surface area (Å²) in [7, 11) is 0. The molecule has 1 amide bonds. The Bertz CT molecular complexity index is 981. The first kappa shape index (κ1) is 23.2. The average molecular weight is 453 g/mol. The summed E-state index contributed by atoms with van der Waals surface area (Å²) >= 11 is 0. The van der Waals surface area contributed by atoms with E-state index in [-0.39, 0.29) is 42.1 Å². The summed E-state index contributed by atoms with van der Waals surface area (Å²) in [6.45, 7) is 2.17. The van der Waals surface area contributed by atoms with Gasteiger partial charge in [-0.1, -0.05) is 37.6 Å². The van der Waals surface area contributed by atoms with E-state index in [1.54, 1.807) is 0 Å². The Kier molecular flexibility index (Phi) is 7.60. The zero-order valence-electron chi connectivity index (χ0n) is 19.0. The van der Waals surface area contributed by atoms with Crippen LogP contribution >= 0.6 is 0 Å². The molecule has 2 fully saturated rings. The van der Waals surface area contributed by atoms with E-state index >= 15 is 0 Å². The van der Waals surface area contributed by atoms with E-state index in [1.165, 1.54) is 11.8 Å². The number of benzene rings is 1. The van der Waals surface area contributed by atoms with Gasteiger partial charge in [-0.25, -0.2) is 4.98 Å². The van der Waals surface area contributed by atoms with Crippen molar-refractivity contribution in [2.24, 2.45) is 5.92 Å². The third-order valence-electron chi connectivity index (χ3n) is 6.59. The van der Waals surface area contributed by atoms with Crippen LogP contribution in [-0.4, -0.2) is 34.2 Å². The molecular formula is C26H32N2O5. The zero-order valence-corrected chi connectivity index (χ0v) is 19.0. The maximum absolute atomic E-state index is 12.7. The number of nitrogens with zero attached hydrogens (tertiary/aromatic N) is 1. The smallest absolute Gasteiger partial charge is 0.303 e. The van der Waals surface area contributed by atoms with Gasteiger partial charge in [0, 0.05) is 18.0 Å². The fourth-order valence-corrected chi connectivity index (χ4v) is 4.87. The molecule has 2 aromatic rings. The van der Waals surface area contributed by atoms with Crippen LogP contribution in [0.25, 0.3) is 0 Å². The summed E-state index contributed by atoms with van der Waals surface area (Å²) in [4.78, 5) is 27.9. The number of aryl methyl sites for hydroxylation is 1. The van der Waals surface area contributed by atoms with E-state index in [0.717, 1.165) is 44.2 Å². The standard InChI is InChI=1S/C26H32N2O5/c1-2-3-7-17-10-12-18(13-11-17)27-25(31)20-16-32-26(28-20)24-19(21-14-15-22(24)33-21)8-5-4-6-9-23(29)30/h4-5,10-13,16,19,21-22,24H,2-3,6-9,14-15H2,1H3,(H,27,31)(H,29,30)/b5-4-/t19-,21-,22+,24-/m0/s1. The summed E-state index contributed by atoms with van der Waals surface area (Å²) < 4.78 is 11.9. The number of aromatic nitrogens is 1. The number of nitrogens with one attached hydrogen (secondary N) is 1. The van der Waals surface area contributed by atoms with Crippen LogP contribution in [-0.2, 0) is 16.0 Å². The molecule has 3 heterocycles. The molecule has 176 valence electrons. The SMILES string of the molecule is CCCCc1ccc(NC(=O)c2coc([C@H]3[C@@H](C/C=C\CCC(=O)O)[C@@H]4CC[C@H]3O4)n2)cc1. The van der Waals surface area contributed by atoms with Gasteiger partial charge < -0.3 is 19.6 Å². The number of aliphatic carboxylic acids is 1. The number of amides is 1. The number of rotatable bonds is 11. The molecule has 0 spiro atoms. The summed E-state index contributed by atoms with van der Waals surface area (Å²) in [6.07, 6.45) is 12.3. The number of hydrogen-bond donors (Lipinski definition) is 2. The second kappa shape index (κ2) is 10.8. The number of anilines is 1. The van der Waals surface area contributed by atoms with Crippen LogP contribution in [0.5, 0.6) is 0 Å². The fourth-order valence-electron chi connectivity index (χ4n) is 4.87. The van der Waals surface area contributed by atoms with E-state index in [9.17, 15) is 9.59 Å². The van der Waals surface area contributed by atoms with Crippen molar-refractivity contribution < 1.29 is 23.8 Å². The maximum atomic E-state index is 12.7. The first-order valence-corrected chi connectivity index (χ1v) is 11.9. The van der Waals surface area contributed by atoms with Crippen LogP contribution < -0.4 is 5.32 Å². The molecule has 2 aliphatic heterocycles. The van der Waals surface area contributed by atoms with Gasteiger partial charge in [0.05, 0.1) is 18.1 Å². The summed E-state index contributed by atoms with van der Waals surface area (Å²) in [6, 6.07) is 7.92. The lowest BCUT2D eigenvalue weighted by Gasteiger charge is -2.24. The molecule has 4 rings (SSSR count). The van der Waals surface area contributed by atoms with E-state index in [0.29, 0.717) is 12.3 Å². The van der Waals surface area contributed by atoms with Crippen LogP contribution in [0.4, 0.5) is 5.69 Å². The molecule has 4 atom stereocenters. The van der Waals surface area contributed by atoms with Gasteiger partial charge in [-0.05, 0) is 56.2 Å². The van der Waals surface area contributed by atoms with Crippen LogP contribution in [0, 0.1) is 5.92 Å². The lowest BCUT2D eigenvalue weighted by Crippen LogP contribution is -2.25. The Morgan fingerprint density at radius 3 is 2.73 bits per heavy atom. The molecule has 33 heavy (non-hydrogen) atoms. The highest BCUT2D eigenvalue weighted by Gasteiger charge is 2.51. The number of carboxylic acids is 1. The van der Waals surface area contributed by atoms with Gasteiger partial charge in [0.2, 0.25) is 5.89 Å². The maximum Gasteiger partial charge on any atom is 0.303 e. The Morgan fingerprint density at radius 2 is 1.97 bits per heavy atom. The van der Waals surface area contributed by atoms with Crippen molar-refractivity contribution >= 4 is 17.6 Å². The molecule has 1 aromatic carbocycles. The number of hydrogen-bond acceptors (Lipinski definition) is 5. The highest BCUT2D eigenvalue weighted by atomic mass is 16.5. The normalized spacial score (nSPS) is 23.9. The van der Waals surface area contributed by atoms with Crippen LogP contribution in [0.15, 0.2) is 47.1 Å². The molecule has 2 aliphatic rings. The third-order valence-corrected chi connectivity index (χ3v) is 6.59. The number of carbonyl (C=O) groups excluding carboxylic acids is 1. The fraction of sp³-hybridized carbons (Fsp3) is 0.500. The van der Waals surface area contributed by atoms with Crippen molar-refractivity contribution in [2.45, 2.75) is 76.4 Å². The van der Waals surface area contributed by atoms with Gasteiger partial charge in [0.15, 0.2) is 5.69 Å². The average Bonchev–Trinajstić information content (AvgIpc) is 3.54. The van der Waals surface area contributed by atoms with Gasteiger partial charge in [-0.2, -0.15) is 0 Å². The predicted molar refractivity (Wildman–Crippen MR) is 124 cm³/mol. The first-order chi connectivity index (χ1) is 16.0. The van der Waals surface area contributed by atoms with Crippen molar-refractivity contribution in [3.8, 4) is 0 Å². The lowest BCUT2D eigenvalue weighted by atomic mass is 9.77. The predicted octanol–water partition coefficient (Wildman–Crippen LogP) is 5.34. The van der Waals surface area contributed by atoms with E-state index in [1.807, 2.05) is 36.4 Å². The van der Waals surface area contributed by atoms with Gasteiger partial charge >= 0.3 is 5.97 Å². The zero-order chi connectivity index (χ0) is 23.2. The number of ether oxygens (including phenoxy) is 1. The minimum absolute atomic E-state index is 0.00673. The van der Waals surface area contributed by atoms with Crippen molar-refractivity contribution in [1.82, 2.24) is 4.98 Å². The number of oxazole rings is 1. The van der Waals surface area contributed by atoms with Gasteiger partial charge in [0.25, 0.3) is 5.91 Å². The largest absolute Gasteiger partial charge is 0.481 e. The second-order valence-electron chi connectivity index (χ2n) is 8.95. The molecular weight excluding hydrogens is 420 g/mol. The summed E-state index contributed by atoms with van der Waals surface area (Å²) in [5.74, 6) is -0.312. The van der Waals surface area contributed by atoms with E-state index < -0.39 is 5.97 Å². The monoisotopic (exact) mass is 452 g/mol. The second-order valence-corrected chi connectivity index (χ2v) is 8.95. The number of carbonyl (C=O) groups is 2. The Hall–Kier alpha value is -2.93. The Labute approximate surface area is 194 Å². The molecule has 0 saturated carbocycles. The van der Waals surface area contributed by atoms with E-state index in [2.05, 4.69) is 17.2 Å². The molecule has 0 radical (unpaired) electrons. The number of unbranched alkanes of at least 4 members (excludes halogenated alkanes) is 1. The lowest BCUT2D eigenvalue weighted by molar-refractivity contribution is -0.136. The molecule has 2 N–H and O–H groups in total. The molecule has 1 aromatic heterocycles. The van der Waals surface area contributed by atoms with Crippen LogP contribution in [0.2, 0.25) is 0 Å². The molecule has 0 unspecified atom stereocenters. The topological polar surface area (TPSA) is 102 Å². The quantitative estimate of drug-likeness (QED) is 0.446. The van der Waals surface area contributed by atoms with Gasteiger partial charge in [-0.3, -0.25) is 9.59 Å². The minimum Gasteiger partial charge on any atom is -0.481 e. The summed E-state index contributed by atoms with van der Waals surface area (Å²) in [5, 5.41) is 11.7. The van der Waals surface area contributed by atoms with Gasteiger partial charge in [0.1, 0.15) is 6.26 Å². The van der Waals surface area contributed by atoms with Crippen LogP contribution in [0.3, 0.4) is 0 Å². The number of carboxylic acid groups (broad SMARTS) is 1. The van der Waals surface area contributed by atoms with Crippen molar-refractivity contribution in [1.29, 1.82) is 0 Å². The summed E-state index contributed by atoms with van der Waals surface area (Å²) in [5.41, 5.74) is 2.26. The molecule has 2 saturated heterocycles. The molecule has 7 nitrogen and oxygen atoms in total. The number of allylic oxidation sites excluding steroid dienone is 2. The molecule has 0 aliphatic carbocycles. The minimum atomic E-state index is -0.793. The Balaban J connectivity index is 1.38. The number of fused-ring (bicyclic) bond motifs is 2. The van der Waals surface area contributed by atoms with Crippen molar-refractivity contribution in [3.63, 3.8) is 0 Å². The molecule has 2 bridgehead atoms. The third kappa shape index (κ3) is 5.71. The first-order valence-electron chi connectivity index (χ1n) is 11.9. The van der Waals surface area contributed by atoms with E-state index in [4.69, 9.17) is 14.3 Å². The van der Waals surface area contributed by atoms with Crippen molar-refractivity contribution in [3.05, 3.63) is 59.8 Å². The highest BCUT2D eigenvalue weighted by Crippen LogP contribution is 2.50.